The fraction of sp³-hybridized carbons (Fsp3) is 0.263. The van der Waals surface area contributed by atoms with Crippen molar-refractivity contribution in [2.24, 2.45) is 5.73 Å². The summed E-state index contributed by atoms with van der Waals surface area (Å²) in [5.41, 5.74) is 11.4. The summed E-state index contributed by atoms with van der Waals surface area (Å²) in [6.45, 7) is 0.463. The van der Waals surface area contributed by atoms with Crippen molar-refractivity contribution < 1.29 is 4.79 Å². The second-order valence-electron chi connectivity index (χ2n) is 6.28. The zero-order chi connectivity index (χ0) is 16.5. The fourth-order valence-corrected chi connectivity index (χ4v) is 3.27. The predicted molar refractivity (Wildman–Crippen MR) is 94.1 cm³/mol. The Kier molecular flexibility index (Phi) is 3.78. The van der Waals surface area contributed by atoms with Crippen LogP contribution in [0, 0.1) is 0 Å². The SMILES string of the molecule is NCc1ccc2nc(C(=O)Nc3ccc4c(c3)CCCC4)cn2c1. The van der Waals surface area contributed by atoms with Crippen LogP contribution in [-0.2, 0) is 19.4 Å². The van der Waals surface area contributed by atoms with Crippen LogP contribution in [0.2, 0.25) is 0 Å². The average molecular weight is 320 g/mol. The highest BCUT2D eigenvalue weighted by atomic mass is 16.1. The second-order valence-corrected chi connectivity index (χ2v) is 6.28. The number of nitrogens with two attached hydrogens (primary N) is 1. The predicted octanol–water partition coefficient (Wildman–Crippen LogP) is 2.92. The Balaban J connectivity index is 1.57. The number of rotatable bonds is 3. The number of fused-ring (bicyclic) bond motifs is 2. The van der Waals surface area contributed by atoms with E-state index >= 15 is 0 Å². The Hall–Kier alpha value is -2.66. The largest absolute Gasteiger partial charge is 0.326 e. The van der Waals surface area contributed by atoms with Gasteiger partial charge in [0.05, 0.1) is 0 Å². The Morgan fingerprint density at radius 2 is 1.96 bits per heavy atom. The molecular weight excluding hydrogens is 300 g/mol. The first-order valence-corrected chi connectivity index (χ1v) is 8.34. The molecule has 2 aromatic heterocycles. The minimum absolute atomic E-state index is 0.191. The van der Waals surface area contributed by atoms with Crippen molar-refractivity contribution in [1.29, 1.82) is 0 Å². The molecule has 24 heavy (non-hydrogen) atoms. The lowest BCUT2D eigenvalue weighted by molar-refractivity contribution is 0.102. The zero-order valence-corrected chi connectivity index (χ0v) is 13.5. The molecule has 5 nitrogen and oxygen atoms in total. The van der Waals surface area contributed by atoms with Crippen molar-refractivity contribution in [2.45, 2.75) is 32.2 Å². The van der Waals surface area contributed by atoms with E-state index in [-0.39, 0.29) is 5.91 Å². The van der Waals surface area contributed by atoms with Crippen LogP contribution in [0.4, 0.5) is 5.69 Å². The fourth-order valence-electron chi connectivity index (χ4n) is 3.27. The number of carbonyl (C=O) groups excluding carboxylic acids is 1. The van der Waals surface area contributed by atoms with Gasteiger partial charge in [-0.15, -0.1) is 0 Å². The summed E-state index contributed by atoms with van der Waals surface area (Å²) in [6, 6.07) is 9.99. The molecule has 0 fully saturated rings. The van der Waals surface area contributed by atoms with Gasteiger partial charge in [-0.2, -0.15) is 0 Å². The summed E-state index contributed by atoms with van der Waals surface area (Å²) in [7, 11) is 0. The highest BCUT2D eigenvalue weighted by Gasteiger charge is 2.14. The van der Waals surface area contributed by atoms with Crippen molar-refractivity contribution in [3.63, 3.8) is 0 Å². The number of pyridine rings is 1. The summed E-state index contributed by atoms with van der Waals surface area (Å²) in [5, 5.41) is 2.96. The first-order chi connectivity index (χ1) is 11.7. The van der Waals surface area contributed by atoms with Crippen LogP contribution in [0.25, 0.3) is 5.65 Å². The number of imidazole rings is 1. The normalized spacial score (nSPS) is 13.7. The monoisotopic (exact) mass is 320 g/mol. The number of amides is 1. The molecule has 3 N–H and O–H groups in total. The van der Waals surface area contributed by atoms with Gasteiger partial charge in [0.25, 0.3) is 5.91 Å². The molecule has 1 amide bonds. The molecule has 1 aliphatic rings. The molecule has 0 unspecified atom stereocenters. The van der Waals surface area contributed by atoms with Crippen LogP contribution in [0.1, 0.15) is 40.0 Å². The zero-order valence-electron chi connectivity index (χ0n) is 13.5. The number of nitrogens with one attached hydrogen (secondary N) is 1. The number of aromatic nitrogens is 2. The smallest absolute Gasteiger partial charge is 0.275 e. The average Bonchev–Trinajstić information content (AvgIpc) is 3.05. The molecule has 4 rings (SSSR count). The summed E-state index contributed by atoms with van der Waals surface area (Å²) < 4.78 is 1.84. The van der Waals surface area contributed by atoms with E-state index in [0.29, 0.717) is 12.2 Å². The lowest BCUT2D eigenvalue weighted by atomic mass is 9.91. The summed E-state index contributed by atoms with van der Waals surface area (Å²) >= 11 is 0. The van der Waals surface area contributed by atoms with E-state index < -0.39 is 0 Å². The van der Waals surface area contributed by atoms with Crippen molar-refractivity contribution in [2.75, 3.05) is 5.32 Å². The van der Waals surface area contributed by atoms with Gasteiger partial charge in [0, 0.05) is 24.6 Å². The molecule has 0 saturated carbocycles. The molecule has 0 radical (unpaired) electrons. The number of hydrogen-bond acceptors (Lipinski definition) is 3. The first kappa shape index (κ1) is 14.9. The van der Waals surface area contributed by atoms with Crippen LogP contribution in [0.3, 0.4) is 0 Å². The highest BCUT2D eigenvalue weighted by molar-refractivity contribution is 6.03. The van der Waals surface area contributed by atoms with Gasteiger partial charge in [-0.1, -0.05) is 12.1 Å². The number of anilines is 1. The van der Waals surface area contributed by atoms with Gasteiger partial charge in [-0.3, -0.25) is 4.79 Å². The number of hydrogen-bond donors (Lipinski definition) is 2. The van der Waals surface area contributed by atoms with E-state index in [4.69, 9.17) is 5.73 Å². The Morgan fingerprint density at radius 3 is 2.79 bits per heavy atom. The third kappa shape index (κ3) is 2.78. The quantitative estimate of drug-likeness (QED) is 0.779. The van der Waals surface area contributed by atoms with Crippen molar-refractivity contribution in [3.8, 4) is 0 Å². The van der Waals surface area contributed by atoms with Gasteiger partial charge >= 0.3 is 0 Å². The Labute approximate surface area is 140 Å². The molecule has 0 saturated heterocycles. The minimum atomic E-state index is -0.191. The maximum atomic E-state index is 12.5. The van der Waals surface area contributed by atoms with Gasteiger partial charge < -0.3 is 15.5 Å². The minimum Gasteiger partial charge on any atom is -0.326 e. The van der Waals surface area contributed by atoms with Gasteiger partial charge in [0.1, 0.15) is 11.3 Å². The molecule has 1 aliphatic carbocycles. The Morgan fingerprint density at radius 1 is 1.12 bits per heavy atom. The molecule has 5 heteroatoms. The lowest BCUT2D eigenvalue weighted by Crippen LogP contribution is -2.13. The van der Waals surface area contributed by atoms with Gasteiger partial charge in [0.15, 0.2) is 0 Å². The summed E-state index contributed by atoms with van der Waals surface area (Å²) in [6.07, 6.45) is 8.35. The van der Waals surface area contributed by atoms with Crippen LogP contribution in [0.15, 0.2) is 42.7 Å². The van der Waals surface area contributed by atoms with E-state index in [1.54, 1.807) is 6.20 Å². The van der Waals surface area contributed by atoms with Crippen molar-refractivity contribution >= 4 is 17.2 Å². The number of nitrogens with zero attached hydrogens (tertiary/aromatic N) is 2. The number of aryl methyl sites for hydroxylation is 2. The molecule has 0 bridgehead atoms. The maximum Gasteiger partial charge on any atom is 0.275 e. The molecular formula is C19H20N4O. The second kappa shape index (κ2) is 6.09. The molecule has 0 atom stereocenters. The van der Waals surface area contributed by atoms with E-state index in [9.17, 15) is 4.79 Å². The van der Waals surface area contributed by atoms with Crippen LogP contribution < -0.4 is 11.1 Å². The van der Waals surface area contributed by atoms with E-state index in [1.807, 2.05) is 28.8 Å². The first-order valence-electron chi connectivity index (χ1n) is 8.34. The third-order valence-corrected chi connectivity index (χ3v) is 4.59. The number of benzene rings is 1. The van der Waals surface area contributed by atoms with Crippen LogP contribution in [0.5, 0.6) is 0 Å². The molecule has 0 spiro atoms. The molecule has 2 heterocycles. The van der Waals surface area contributed by atoms with Gasteiger partial charge in [-0.05, 0) is 60.6 Å². The van der Waals surface area contributed by atoms with E-state index in [1.165, 1.54) is 24.0 Å². The highest BCUT2D eigenvalue weighted by Crippen LogP contribution is 2.24. The van der Waals surface area contributed by atoms with Crippen LogP contribution in [-0.4, -0.2) is 15.3 Å². The molecule has 0 aliphatic heterocycles. The van der Waals surface area contributed by atoms with E-state index in [0.717, 1.165) is 29.7 Å². The molecule has 122 valence electrons. The lowest BCUT2D eigenvalue weighted by Gasteiger charge is -2.16. The maximum absolute atomic E-state index is 12.5. The van der Waals surface area contributed by atoms with Gasteiger partial charge in [-0.25, -0.2) is 4.98 Å². The van der Waals surface area contributed by atoms with Crippen molar-refractivity contribution in [3.05, 3.63) is 65.1 Å². The third-order valence-electron chi connectivity index (χ3n) is 4.59. The standard InChI is InChI=1S/C19H20N4O/c20-10-13-5-8-18-22-17(12-23(18)11-13)19(24)21-16-7-6-14-3-1-2-4-15(14)9-16/h5-9,11-12H,1-4,10,20H2,(H,21,24). The molecule has 3 aromatic rings. The van der Waals surface area contributed by atoms with Crippen LogP contribution >= 0.6 is 0 Å². The Bertz CT molecular complexity index is 913. The van der Waals surface area contributed by atoms with Gasteiger partial charge in [0.2, 0.25) is 0 Å². The number of carbonyl (C=O) groups is 1. The summed E-state index contributed by atoms with van der Waals surface area (Å²) in [5.74, 6) is -0.191. The van der Waals surface area contributed by atoms with E-state index in [2.05, 4.69) is 22.4 Å². The van der Waals surface area contributed by atoms with Crippen molar-refractivity contribution in [1.82, 2.24) is 9.38 Å². The summed E-state index contributed by atoms with van der Waals surface area (Å²) in [4.78, 5) is 16.9. The molecule has 1 aromatic carbocycles. The topological polar surface area (TPSA) is 72.4 Å².